The summed E-state index contributed by atoms with van der Waals surface area (Å²) in [4.78, 5) is 0. The molecule has 1 aromatic carbocycles. The molecule has 9 heteroatoms. The van der Waals surface area contributed by atoms with Crippen LogP contribution in [0.2, 0.25) is 0 Å². The number of nitrogens with zero attached hydrogens (tertiary/aromatic N) is 1. The fourth-order valence-electron chi connectivity index (χ4n) is 1.28. The molecule has 0 aliphatic carbocycles. The molecule has 18 heavy (non-hydrogen) atoms. The topological polar surface area (TPSA) is 36.5 Å². The number of halogens is 5. The summed E-state index contributed by atoms with van der Waals surface area (Å²) in [5.74, 6) is -3.27. The molecule has 1 aromatic rings. The van der Waals surface area contributed by atoms with Crippen LogP contribution in [0.5, 0.6) is 0 Å². The first-order valence-electron chi connectivity index (χ1n) is 4.06. The summed E-state index contributed by atoms with van der Waals surface area (Å²) in [6.07, 6.45) is -3.79. The summed E-state index contributed by atoms with van der Waals surface area (Å²) in [6.45, 7) is 0. The molecule has 0 amide bonds. The van der Waals surface area contributed by atoms with Crippen molar-refractivity contribution in [3.63, 3.8) is 0 Å². The first-order chi connectivity index (χ1) is 7.32. The minimum atomic E-state index is -5.06. The second-order valence-electron chi connectivity index (χ2n) is 3.12. The van der Waals surface area contributed by atoms with Gasteiger partial charge in [-0.2, -0.15) is 13.2 Å². The van der Waals surface area contributed by atoms with E-state index in [1.54, 1.807) is 0 Å². The van der Waals surface area contributed by atoms with Crippen LogP contribution in [0.1, 0.15) is 11.1 Å². The molecular formula is C9H5F5N2SW. The third-order valence-corrected chi connectivity index (χ3v) is 2.36. The van der Waals surface area contributed by atoms with Gasteiger partial charge in [0.15, 0.2) is 0 Å². The van der Waals surface area contributed by atoms with Gasteiger partial charge in [0, 0.05) is 17.5 Å². The predicted octanol–water partition coefficient (Wildman–Crippen LogP) is 3.77. The van der Waals surface area contributed by atoms with E-state index in [1.165, 1.54) is 6.20 Å². The Kier molecular flexibility index (Phi) is 5.40. The maximum Gasteiger partial charge on any atom is 2.00 e. The summed E-state index contributed by atoms with van der Waals surface area (Å²) in [6, 6.07) is 1.50. The normalized spacial score (nSPS) is 13.4. The largest absolute Gasteiger partial charge is 2.00 e. The molecule has 98 valence electrons. The fraction of sp³-hybridized carbons (Fsp3) is 0.111. The quantitative estimate of drug-likeness (QED) is 0.481. The van der Waals surface area contributed by atoms with Crippen LogP contribution in [0.4, 0.5) is 22.0 Å². The van der Waals surface area contributed by atoms with Gasteiger partial charge in [-0.05, 0) is 12.1 Å². The zero-order chi connectivity index (χ0) is 12.1. The zero-order valence-corrected chi connectivity index (χ0v) is 12.2. The van der Waals surface area contributed by atoms with Gasteiger partial charge in [0.25, 0.3) is 0 Å². The van der Waals surface area contributed by atoms with E-state index in [0.29, 0.717) is 6.07 Å². The Morgan fingerprint density at radius 3 is 2.00 bits per heavy atom. The molecule has 2 nitrogen and oxygen atoms in total. The summed E-state index contributed by atoms with van der Waals surface area (Å²) in [5.41, 5.74) is -2.09. The van der Waals surface area contributed by atoms with E-state index in [4.69, 9.17) is 0 Å². The van der Waals surface area contributed by atoms with Gasteiger partial charge >= 0.3 is 27.2 Å². The Hall–Kier alpha value is -0.592. The molecule has 0 saturated heterocycles. The Bertz CT molecular complexity index is 489. The van der Waals surface area contributed by atoms with Crippen molar-refractivity contribution in [2.75, 3.05) is 0 Å². The molecule has 0 radical (unpaired) electrons. The Morgan fingerprint density at radius 1 is 1.11 bits per heavy atom. The predicted molar refractivity (Wildman–Crippen MR) is 53.8 cm³/mol. The van der Waals surface area contributed by atoms with Crippen LogP contribution in [-0.4, -0.2) is 4.31 Å². The molecule has 2 rings (SSSR count). The van der Waals surface area contributed by atoms with E-state index in [-0.39, 0.29) is 38.5 Å². The second-order valence-corrected chi connectivity index (χ2v) is 3.52. The van der Waals surface area contributed by atoms with E-state index in [0.717, 1.165) is 10.4 Å². The average molecular weight is 452 g/mol. The van der Waals surface area contributed by atoms with Gasteiger partial charge in [-0.25, -0.2) is 8.78 Å². The maximum atomic E-state index is 13.4. The molecule has 0 unspecified atom stereocenters. The van der Waals surface area contributed by atoms with Crippen LogP contribution in [0, 0.1) is 11.6 Å². The minimum absolute atomic E-state index is 0. The average Bonchev–Trinajstić information content (AvgIpc) is 2.80. The molecule has 0 bridgehead atoms. The maximum absolute atomic E-state index is 13.4. The molecule has 1 aliphatic rings. The standard InChI is InChI=1S/C9H3F5NS.H2N.W/c10-5-2-1-4(6-3-15(6)16)8(11)7(5)9(12,13)14;;/h1-3H;1H2;/q2*-1;+2. The summed E-state index contributed by atoms with van der Waals surface area (Å²) < 4.78 is 64.3. The third kappa shape index (κ3) is 3.05. The molecule has 2 N–H and O–H groups in total. The molecule has 0 aromatic heterocycles. The molecule has 0 fully saturated rings. The zero-order valence-electron chi connectivity index (χ0n) is 8.46. The molecule has 0 spiro atoms. The molecule has 0 saturated carbocycles. The Balaban J connectivity index is 0.00000144. The van der Waals surface area contributed by atoms with Crippen molar-refractivity contribution in [1.29, 1.82) is 0 Å². The SMILES string of the molecule is Fc1ccc(C2=CN2[S-])c(F)c1C(F)(F)F.[NH2-].[W+2]. The summed E-state index contributed by atoms with van der Waals surface area (Å²) >= 11 is 4.56. The van der Waals surface area contributed by atoms with Crippen LogP contribution < -0.4 is 0 Å². The third-order valence-electron chi connectivity index (χ3n) is 2.06. The van der Waals surface area contributed by atoms with Crippen molar-refractivity contribution in [1.82, 2.24) is 4.31 Å². The van der Waals surface area contributed by atoms with Gasteiger partial charge in [0.1, 0.15) is 17.2 Å². The van der Waals surface area contributed by atoms with Crippen LogP contribution in [-0.2, 0) is 40.1 Å². The van der Waals surface area contributed by atoms with Crippen molar-refractivity contribution in [3.05, 3.63) is 47.2 Å². The van der Waals surface area contributed by atoms with Crippen molar-refractivity contribution in [2.45, 2.75) is 6.18 Å². The second kappa shape index (κ2) is 5.59. The van der Waals surface area contributed by atoms with Crippen molar-refractivity contribution in [3.8, 4) is 0 Å². The summed E-state index contributed by atoms with van der Waals surface area (Å²) in [5, 5.41) is 0. The van der Waals surface area contributed by atoms with Crippen LogP contribution in [0.3, 0.4) is 0 Å². The van der Waals surface area contributed by atoms with E-state index < -0.39 is 23.4 Å². The smallest absolute Gasteiger partial charge is 0.693 e. The molecule has 0 atom stereocenters. The van der Waals surface area contributed by atoms with Crippen LogP contribution >= 0.6 is 0 Å². The number of benzene rings is 1. The minimum Gasteiger partial charge on any atom is -0.693 e. The van der Waals surface area contributed by atoms with E-state index in [2.05, 4.69) is 12.8 Å². The van der Waals surface area contributed by atoms with Gasteiger partial charge in [-0.3, -0.25) is 0 Å². The van der Waals surface area contributed by atoms with Crippen molar-refractivity contribution < 1.29 is 43.0 Å². The number of nitrogens with two attached hydrogens (primary N) is 1. The Labute approximate surface area is 119 Å². The fourth-order valence-corrected chi connectivity index (χ4v) is 1.48. The number of rotatable bonds is 1. The van der Waals surface area contributed by atoms with E-state index in [9.17, 15) is 22.0 Å². The van der Waals surface area contributed by atoms with E-state index >= 15 is 0 Å². The molecule has 1 aliphatic heterocycles. The number of hydrogen-bond acceptors (Lipinski definition) is 2. The van der Waals surface area contributed by atoms with Crippen molar-refractivity contribution >= 4 is 18.5 Å². The van der Waals surface area contributed by atoms with Gasteiger partial charge in [-0.15, -0.1) is 0 Å². The first kappa shape index (κ1) is 17.4. The molecule has 1 heterocycles. The van der Waals surface area contributed by atoms with Crippen LogP contribution in [0.15, 0.2) is 18.3 Å². The first-order valence-corrected chi connectivity index (χ1v) is 4.42. The van der Waals surface area contributed by atoms with Gasteiger partial charge in [-0.1, -0.05) is 0 Å². The number of hydrogen-bond donors (Lipinski definition) is 0. The van der Waals surface area contributed by atoms with E-state index in [1.807, 2.05) is 0 Å². The summed E-state index contributed by atoms with van der Waals surface area (Å²) in [7, 11) is 0. The van der Waals surface area contributed by atoms with Crippen LogP contribution in [0.25, 0.3) is 11.8 Å². The Morgan fingerprint density at radius 2 is 1.61 bits per heavy atom. The molecular weight excluding hydrogens is 447 g/mol. The monoisotopic (exact) mass is 452 g/mol. The number of alkyl halides is 3. The van der Waals surface area contributed by atoms with Gasteiger partial charge < -0.3 is 23.3 Å². The van der Waals surface area contributed by atoms with Gasteiger partial charge in [0.2, 0.25) is 0 Å². The van der Waals surface area contributed by atoms with Gasteiger partial charge in [0.05, 0.1) is 0 Å². The van der Waals surface area contributed by atoms with Crippen molar-refractivity contribution in [2.24, 2.45) is 0 Å².